The summed E-state index contributed by atoms with van der Waals surface area (Å²) >= 11 is 0. The maximum absolute atomic E-state index is 14.4. The fourth-order valence-corrected chi connectivity index (χ4v) is 7.91. The van der Waals surface area contributed by atoms with Gasteiger partial charge in [0.1, 0.15) is 35.9 Å². The molecule has 0 saturated carbocycles. The number of phenols is 1. The van der Waals surface area contributed by atoms with Gasteiger partial charge in [-0.1, -0.05) is 0 Å². The number of ether oxygens (including phenoxy) is 1. The number of carbonyl (C=O) groups is 6. The third kappa shape index (κ3) is 6.64. The lowest BCUT2D eigenvalue weighted by molar-refractivity contribution is -0.148. The first-order valence-electron chi connectivity index (χ1n) is 17.3. The van der Waals surface area contributed by atoms with E-state index in [-0.39, 0.29) is 40.9 Å². The van der Waals surface area contributed by atoms with Crippen LogP contribution in [0.25, 0.3) is 0 Å². The molecule has 0 spiro atoms. The van der Waals surface area contributed by atoms with Gasteiger partial charge in [0, 0.05) is 55.6 Å². The lowest BCUT2D eigenvalue weighted by atomic mass is 9.58. The Kier molecular flexibility index (Phi) is 10.3. The molecule has 3 amide bonds. The Labute approximate surface area is 316 Å². The van der Waals surface area contributed by atoms with Crippen molar-refractivity contribution in [3.05, 3.63) is 63.4 Å². The van der Waals surface area contributed by atoms with Crippen LogP contribution in [-0.4, -0.2) is 127 Å². The van der Waals surface area contributed by atoms with Crippen molar-refractivity contribution < 1.29 is 59.0 Å². The van der Waals surface area contributed by atoms with Crippen LogP contribution in [0.3, 0.4) is 0 Å². The average molecular weight is 767 g/mol. The Morgan fingerprint density at radius 2 is 1.73 bits per heavy atom. The molecule has 0 radical (unpaired) electrons. The van der Waals surface area contributed by atoms with Crippen LogP contribution in [0.1, 0.15) is 59.2 Å². The molecule has 0 aliphatic heterocycles. The lowest BCUT2D eigenvalue weighted by Crippen LogP contribution is -2.63. The van der Waals surface area contributed by atoms with E-state index in [1.54, 1.807) is 39.8 Å². The van der Waals surface area contributed by atoms with E-state index in [1.807, 2.05) is 0 Å². The number of nitrogens with zero attached hydrogens (tertiary/aromatic N) is 4. The number of benzene rings is 1. The highest BCUT2D eigenvalue weighted by molar-refractivity contribution is 6.25. The van der Waals surface area contributed by atoms with E-state index in [2.05, 4.69) is 5.32 Å². The normalized spacial score (nSPS) is 22.2. The maximum atomic E-state index is 14.4. The zero-order chi connectivity index (χ0) is 41.2. The van der Waals surface area contributed by atoms with Gasteiger partial charge in [-0.15, -0.1) is 0 Å². The molecule has 1 heterocycles. The number of aromatic hydroxyl groups is 1. The number of hydrogen-bond acceptors (Lipinski definition) is 13. The number of fused-ring (bicyclic) bond motifs is 3. The van der Waals surface area contributed by atoms with Crippen molar-refractivity contribution in [3.8, 4) is 5.75 Å². The highest BCUT2D eigenvalue weighted by Crippen LogP contribution is 2.54. The zero-order valence-corrected chi connectivity index (χ0v) is 31.8. The van der Waals surface area contributed by atoms with Gasteiger partial charge in [-0.05, 0) is 71.3 Å². The minimum absolute atomic E-state index is 0.0263. The molecule has 2 aromatic rings. The van der Waals surface area contributed by atoms with Crippen molar-refractivity contribution in [2.24, 2.45) is 24.6 Å². The van der Waals surface area contributed by atoms with Crippen molar-refractivity contribution in [3.63, 3.8) is 0 Å². The highest BCUT2D eigenvalue weighted by atomic mass is 16.6. The van der Waals surface area contributed by atoms with E-state index in [0.717, 1.165) is 4.90 Å². The summed E-state index contributed by atoms with van der Waals surface area (Å²) in [6, 6.07) is 1.79. The number of carboxylic acids is 1. The number of aromatic carboxylic acids is 1. The molecule has 1 aromatic carbocycles. The first-order valence-corrected chi connectivity index (χ1v) is 17.3. The van der Waals surface area contributed by atoms with Crippen LogP contribution < -0.4 is 16.0 Å². The van der Waals surface area contributed by atoms with Crippen molar-refractivity contribution in [1.29, 1.82) is 0 Å². The molecular weight excluding hydrogens is 720 g/mol. The molecule has 3 aliphatic carbocycles. The number of aliphatic hydroxyl groups excluding tert-OH is 2. The molecule has 0 fully saturated rings. The summed E-state index contributed by atoms with van der Waals surface area (Å²) in [5.41, 5.74) is 0.693. The largest absolute Gasteiger partial charge is 0.510 e. The standard InChI is InChI=1S/C37H46N6O12/c1-36(2,3)43(35(53)55-15-16-9-10-42(8)26(16)34(51)52)14-22(44)39-20-13-21(40(4)5)18-11-17-12-19-27(41(6)7)30(47)25(33(38)50)32(49)37(19,54)31(48)23(17)29(46)24(18)28(20)45/h9-10,13,17,19,27,45,47-48,54H,11-12,14-15H2,1-8H3,(H2,38,50)(H,39,44)(H,51,52)/t17-,19-,27-,37-/m0/s1. The van der Waals surface area contributed by atoms with Gasteiger partial charge < -0.3 is 50.8 Å². The van der Waals surface area contributed by atoms with E-state index in [9.17, 15) is 54.3 Å². The molecule has 0 unspecified atom stereocenters. The van der Waals surface area contributed by atoms with Crippen LogP contribution in [0.5, 0.6) is 5.75 Å². The SMILES string of the molecule is CN(C)c1cc(NC(=O)CN(C(=O)OCc2ccn(C)c2C(=O)O)C(C)(C)C)c(O)c2c1C[C@H]1C[C@H]3[C@H](N(C)C)C(O)=C(C(N)=O)C(=O)[C@@]3(O)C(O)=C1C2=O. The van der Waals surface area contributed by atoms with Gasteiger partial charge in [0.2, 0.25) is 11.7 Å². The van der Waals surface area contributed by atoms with Gasteiger partial charge in [-0.2, -0.15) is 0 Å². The number of aliphatic hydroxyl groups is 3. The number of primary amides is 1. The van der Waals surface area contributed by atoms with Gasteiger partial charge in [0.15, 0.2) is 17.1 Å². The number of carbonyl (C=O) groups excluding carboxylic acids is 5. The number of phenolic OH excluding ortho intramolecular Hbond substituents is 1. The molecule has 55 heavy (non-hydrogen) atoms. The van der Waals surface area contributed by atoms with Crippen molar-refractivity contribution in [1.82, 2.24) is 14.4 Å². The number of anilines is 2. The van der Waals surface area contributed by atoms with Crippen LogP contribution in [0.4, 0.5) is 16.2 Å². The van der Waals surface area contributed by atoms with Crippen LogP contribution in [0.2, 0.25) is 0 Å². The number of ketones is 2. The minimum Gasteiger partial charge on any atom is -0.510 e. The van der Waals surface area contributed by atoms with Crippen LogP contribution in [0.15, 0.2) is 41.0 Å². The van der Waals surface area contributed by atoms with Gasteiger partial charge >= 0.3 is 12.1 Å². The number of nitrogens with two attached hydrogens (primary N) is 1. The van der Waals surface area contributed by atoms with Crippen molar-refractivity contribution >= 4 is 46.8 Å². The summed E-state index contributed by atoms with van der Waals surface area (Å²) in [5.74, 6) is -10.1. The number of nitrogens with one attached hydrogen (secondary N) is 1. The molecule has 296 valence electrons. The van der Waals surface area contributed by atoms with Gasteiger partial charge in [0.25, 0.3) is 5.91 Å². The predicted molar refractivity (Wildman–Crippen MR) is 196 cm³/mol. The molecule has 18 heteroatoms. The Hall–Kier alpha value is -5.88. The van der Waals surface area contributed by atoms with Crippen LogP contribution in [0, 0.1) is 11.8 Å². The molecule has 5 rings (SSSR count). The number of carboxylic acid groups (broad SMARTS) is 1. The Morgan fingerprint density at radius 1 is 1.09 bits per heavy atom. The van der Waals surface area contributed by atoms with Gasteiger partial charge in [-0.25, -0.2) is 9.59 Å². The van der Waals surface area contributed by atoms with Crippen LogP contribution >= 0.6 is 0 Å². The fraction of sp³-hybridized carbons (Fsp3) is 0.459. The number of rotatable bonds is 9. The number of likely N-dealkylation sites (N-methyl/N-ethyl adjacent to an activating group) is 1. The maximum Gasteiger partial charge on any atom is 0.411 e. The summed E-state index contributed by atoms with van der Waals surface area (Å²) in [6.45, 7) is 3.95. The molecular formula is C37H46N6O12. The number of hydrogen-bond donors (Lipinski definition) is 7. The van der Waals surface area contributed by atoms with Gasteiger partial charge in [0.05, 0.1) is 17.3 Å². The number of Topliss-reactive ketones (excluding diaryl/α,β-unsaturated/α-hetero) is 2. The summed E-state index contributed by atoms with van der Waals surface area (Å²) in [7, 11) is 7.94. The second kappa shape index (κ2) is 14.1. The predicted octanol–water partition coefficient (Wildman–Crippen LogP) is 1.60. The molecule has 4 atom stereocenters. The molecule has 3 aliphatic rings. The van der Waals surface area contributed by atoms with E-state index in [0.29, 0.717) is 11.3 Å². The van der Waals surface area contributed by atoms with Crippen molar-refractivity contribution in [2.45, 2.75) is 57.4 Å². The molecule has 8 N–H and O–H groups in total. The topological polar surface area (TPSA) is 266 Å². The second-order valence-corrected chi connectivity index (χ2v) is 15.5. The first kappa shape index (κ1) is 40.3. The monoisotopic (exact) mass is 766 g/mol. The Bertz CT molecular complexity index is 2090. The molecule has 0 saturated heterocycles. The average Bonchev–Trinajstić information content (AvgIpc) is 3.44. The third-order valence-electron chi connectivity index (χ3n) is 10.5. The zero-order valence-electron chi connectivity index (χ0n) is 31.8. The highest BCUT2D eigenvalue weighted by Gasteiger charge is 2.63. The summed E-state index contributed by atoms with van der Waals surface area (Å²) < 4.78 is 6.77. The molecule has 1 aromatic heterocycles. The van der Waals surface area contributed by atoms with E-state index < -0.39 is 100 Å². The van der Waals surface area contributed by atoms with Gasteiger partial charge in [-0.3, -0.25) is 29.0 Å². The number of aryl methyl sites for hydroxylation is 1. The smallest absolute Gasteiger partial charge is 0.411 e. The lowest BCUT2D eigenvalue weighted by Gasteiger charge is -2.50. The van der Waals surface area contributed by atoms with E-state index in [4.69, 9.17) is 10.5 Å². The first-order chi connectivity index (χ1) is 25.4. The van der Waals surface area contributed by atoms with Crippen LogP contribution in [-0.2, 0) is 39.2 Å². The quantitative estimate of drug-likeness (QED) is 0.141. The summed E-state index contributed by atoms with van der Waals surface area (Å²) in [6.07, 6.45) is 0.500. The number of allylic oxidation sites excluding steroid dienone is 1. The second-order valence-electron chi connectivity index (χ2n) is 15.5. The summed E-state index contributed by atoms with van der Waals surface area (Å²) in [5, 5.41) is 58.2. The third-order valence-corrected chi connectivity index (χ3v) is 10.5. The Balaban J connectivity index is 1.49. The number of aromatic nitrogens is 1. The number of amides is 3. The van der Waals surface area contributed by atoms with E-state index >= 15 is 0 Å². The summed E-state index contributed by atoms with van der Waals surface area (Å²) in [4.78, 5) is 83.0. The Morgan fingerprint density at radius 3 is 2.27 bits per heavy atom. The molecule has 18 nitrogen and oxygen atoms in total. The molecule has 0 bridgehead atoms. The fourth-order valence-electron chi connectivity index (χ4n) is 7.91. The van der Waals surface area contributed by atoms with Crippen molar-refractivity contribution in [2.75, 3.05) is 45.0 Å². The van der Waals surface area contributed by atoms with E-state index in [1.165, 1.54) is 48.9 Å². The minimum atomic E-state index is -2.82.